The Kier molecular flexibility index (Phi) is 3.87. The first kappa shape index (κ1) is 12.9. The molecule has 0 bridgehead atoms. The van der Waals surface area contributed by atoms with Gasteiger partial charge in [-0.3, -0.25) is 4.79 Å². The standard InChI is InChI=1S/C14H16N2OS/c1-3-11-6-4-5-7-13(11)16-10(2)8-14(17)12(9-18)15-16/h4-8,18H,3,9H2,1-2H3. The van der Waals surface area contributed by atoms with Crippen LogP contribution < -0.4 is 5.43 Å². The number of hydrogen-bond acceptors (Lipinski definition) is 3. The quantitative estimate of drug-likeness (QED) is 0.861. The average molecular weight is 260 g/mol. The van der Waals surface area contributed by atoms with Crippen molar-refractivity contribution in [2.75, 3.05) is 0 Å². The van der Waals surface area contributed by atoms with Gasteiger partial charge in [0.1, 0.15) is 5.69 Å². The van der Waals surface area contributed by atoms with Crippen molar-refractivity contribution in [1.82, 2.24) is 9.78 Å². The minimum absolute atomic E-state index is 0.0484. The molecule has 0 spiro atoms. The zero-order valence-corrected chi connectivity index (χ0v) is 11.4. The fraction of sp³-hybridized carbons (Fsp3) is 0.286. The Morgan fingerprint density at radius 3 is 2.72 bits per heavy atom. The summed E-state index contributed by atoms with van der Waals surface area (Å²) in [5.74, 6) is 0.355. The second kappa shape index (κ2) is 5.40. The van der Waals surface area contributed by atoms with Gasteiger partial charge in [-0.15, -0.1) is 0 Å². The third kappa shape index (κ3) is 2.34. The number of thiol groups is 1. The van der Waals surface area contributed by atoms with Gasteiger partial charge in [-0.2, -0.15) is 17.7 Å². The third-order valence-corrected chi connectivity index (χ3v) is 3.23. The van der Waals surface area contributed by atoms with E-state index in [1.54, 1.807) is 6.07 Å². The maximum Gasteiger partial charge on any atom is 0.204 e. The molecular weight excluding hydrogens is 244 g/mol. The molecule has 0 aliphatic rings. The minimum Gasteiger partial charge on any atom is -0.288 e. The molecule has 0 saturated heterocycles. The predicted molar refractivity (Wildman–Crippen MR) is 76.6 cm³/mol. The molecule has 0 aliphatic heterocycles. The van der Waals surface area contributed by atoms with Crippen molar-refractivity contribution in [3.05, 3.63) is 57.5 Å². The summed E-state index contributed by atoms with van der Waals surface area (Å²) < 4.78 is 1.83. The van der Waals surface area contributed by atoms with Crippen LogP contribution in [-0.4, -0.2) is 9.78 Å². The Morgan fingerprint density at radius 1 is 1.33 bits per heavy atom. The van der Waals surface area contributed by atoms with E-state index in [0.29, 0.717) is 11.4 Å². The van der Waals surface area contributed by atoms with Gasteiger partial charge < -0.3 is 0 Å². The summed E-state index contributed by atoms with van der Waals surface area (Å²) in [6, 6.07) is 9.71. The molecule has 18 heavy (non-hydrogen) atoms. The lowest BCUT2D eigenvalue weighted by molar-refractivity contribution is 0.765. The van der Waals surface area contributed by atoms with Gasteiger partial charge in [0.15, 0.2) is 0 Å². The summed E-state index contributed by atoms with van der Waals surface area (Å²) in [5, 5.41) is 4.40. The van der Waals surface area contributed by atoms with Crippen LogP contribution in [0, 0.1) is 6.92 Å². The lowest BCUT2D eigenvalue weighted by Gasteiger charge is -2.13. The van der Waals surface area contributed by atoms with E-state index in [1.807, 2.05) is 29.8 Å². The van der Waals surface area contributed by atoms with Gasteiger partial charge in [0.05, 0.1) is 5.69 Å². The summed E-state index contributed by atoms with van der Waals surface area (Å²) in [4.78, 5) is 11.7. The molecule has 0 unspecified atom stereocenters. The highest BCUT2D eigenvalue weighted by Crippen LogP contribution is 2.15. The lowest BCUT2D eigenvalue weighted by atomic mass is 10.1. The van der Waals surface area contributed by atoms with Gasteiger partial charge in [0.2, 0.25) is 5.43 Å². The van der Waals surface area contributed by atoms with Gasteiger partial charge in [-0.05, 0) is 25.0 Å². The number of benzene rings is 1. The van der Waals surface area contributed by atoms with E-state index in [1.165, 1.54) is 5.56 Å². The molecule has 0 radical (unpaired) electrons. The van der Waals surface area contributed by atoms with Crippen molar-refractivity contribution in [3.8, 4) is 5.69 Å². The summed E-state index contributed by atoms with van der Waals surface area (Å²) in [6.45, 7) is 4.00. The minimum atomic E-state index is -0.0484. The SMILES string of the molecule is CCc1ccccc1-n1nc(CS)c(=O)cc1C. The topological polar surface area (TPSA) is 34.9 Å². The van der Waals surface area contributed by atoms with Crippen LogP contribution in [0.5, 0.6) is 0 Å². The average Bonchev–Trinajstić information content (AvgIpc) is 2.39. The molecule has 0 saturated carbocycles. The molecule has 0 N–H and O–H groups in total. The molecule has 2 rings (SSSR count). The number of hydrogen-bond donors (Lipinski definition) is 1. The maximum absolute atomic E-state index is 11.7. The predicted octanol–water partition coefficient (Wildman–Crippen LogP) is 2.53. The summed E-state index contributed by atoms with van der Waals surface area (Å²) in [6.07, 6.45) is 0.930. The lowest BCUT2D eigenvalue weighted by Crippen LogP contribution is -2.18. The van der Waals surface area contributed by atoms with Gasteiger partial charge in [0.25, 0.3) is 0 Å². The Morgan fingerprint density at radius 2 is 2.06 bits per heavy atom. The van der Waals surface area contributed by atoms with Crippen molar-refractivity contribution in [1.29, 1.82) is 0 Å². The first-order chi connectivity index (χ1) is 8.67. The van der Waals surface area contributed by atoms with E-state index in [-0.39, 0.29) is 5.43 Å². The number of aromatic nitrogens is 2. The van der Waals surface area contributed by atoms with Crippen LogP contribution in [0.15, 0.2) is 35.1 Å². The number of aryl methyl sites for hydroxylation is 2. The highest BCUT2D eigenvalue weighted by molar-refractivity contribution is 7.79. The second-order valence-electron chi connectivity index (χ2n) is 4.15. The van der Waals surface area contributed by atoms with Gasteiger partial charge in [-0.25, -0.2) is 4.68 Å². The molecule has 1 aromatic carbocycles. The highest BCUT2D eigenvalue weighted by atomic mass is 32.1. The Bertz CT molecular complexity index is 619. The molecule has 0 amide bonds. The van der Waals surface area contributed by atoms with Crippen molar-refractivity contribution < 1.29 is 0 Å². The molecule has 2 aromatic rings. The second-order valence-corrected chi connectivity index (χ2v) is 4.47. The van der Waals surface area contributed by atoms with Crippen LogP contribution in [-0.2, 0) is 12.2 Å². The maximum atomic E-state index is 11.7. The first-order valence-electron chi connectivity index (χ1n) is 5.96. The summed E-state index contributed by atoms with van der Waals surface area (Å²) >= 11 is 4.15. The normalized spacial score (nSPS) is 10.6. The number of para-hydroxylation sites is 1. The van der Waals surface area contributed by atoms with E-state index >= 15 is 0 Å². The molecule has 1 aromatic heterocycles. The molecule has 0 fully saturated rings. The van der Waals surface area contributed by atoms with E-state index < -0.39 is 0 Å². The van der Waals surface area contributed by atoms with Crippen LogP contribution in [0.2, 0.25) is 0 Å². The van der Waals surface area contributed by atoms with E-state index in [0.717, 1.165) is 17.8 Å². The fourth-order valence-electron chi connectivity index (χ4n) is 1.95. The summed E-state index contributed by atoms with van der Waals surface area (Å²) in [5.41, 5.74) is 3.51. The van der Waals surface area contributed by atoms with E-state index in [2.05, 4.69) is 30.7 Å². The van der Waals surface area contributed by atoms with Crippen molar-refractivity contribution in [3.63, 3.8) is 0 Å². The van der Waals surface area contributed by atoms with Crippen molar-refractivity contribution in [2.45, 2.75) is 26.0 Å². The molecule has 0 aliphatic carbocycles. The Hall–Kier alpha value is -1.55. The molecular formula is C14H16N2OS. The molecule has 1 heterocycles. The zero-order valence-electron chi connectivity index (χ0n) is 10.6. The van der Waals surface area contributed by atoms with Gasteiger partial charge in [-0.1, -0.05) is 25.1 Å². The van der Waals surface area contributed by atoms with E-state index in [4.69, 9.17) is 0 Å². The van der Waals surface area contributed by atoms with Crippen molar-refractivity contribution >= 4 is 12.6 Å². The third-order valence-electron chi connectivity index (χ3n) is 2.93. The van der Waals surface area contributed by atoms with Crippen LogP contribution in [0.3, 0.4) is 0 Å². The van der Waals surface area contributed by atoms with Crippen molar-refractivity contribution in [2.24, 2.45) is 0 Å². The highest BCUT2D eigenvalue weighted by Gasteiger charge is 2.08. The number of rotatable bonds is 3. The molecule has 0 atom stereocenters. The van der Waals surface area contributed by atoms with Crippen LogP contribution in [0.1, 0.15) is 23.9 Å². The Balaban J connectivity index is 2.67. The largest absolute Gasteiger partial charge is 0.288 e. The monoisotopic (exact) mass is 260 g/mol. The molecule has 4 heteroatoms. The van der Waals surface area contributed by atoms with Gasteiger partial charge >= 0.3 is 0 Å². The van der Waals surface area contributed by atoms with Gasteiger partial charge in [0, 0.05) is 17.5 Å². The van der Waals surface area contributed by atoms with Crippen LogP contribution in [0.25, 0.3) is 5.69 Å². The van der Waals surface area contributed by atoms with E-state index in [9.17, 15) is 4.79 Å². The first-order valence-corrected chi connectivity index (χ1v) is 6.59. The van der Waals surface area contributed by atoms with Crippen LogP contribution >= 0.6 is 12.6 Å². The molecule has 3 nitrogen and oxygen atoms in total. The molecule has 94 valence electrons. The Labute approximate surface area is 112 Å². The number of nitrogens with zero attached hydrogens (tertiary/aromatic N) is 2. The zero-order chi connectivity index (χ0) is 13.1. The fourth-order valence-corrected chi connectivity index (χ4v) is 2.17. The summed E-state index contributed by atoms with van der Waals surface area (Å²) in [7, 11) is 0. The smallest absolute Gasteiger partial charge is 0.204 e. The van der Waals surface area contributed by atoms with Crippen LogP contribution in [0.4, 0.5) is 0 Å².